The lowest BCUT2D eigenvalue weighted by Gasteiger charge is -2.18. The van der Waals surface area contributed by atoms with Gasteiger partial charge < -0.3 is 5.73 Å². The summed E-state index contributed by atoms with van der Waals surface area (Å²) in [7, 11) is -2.19. The summed E-state index contributed by atoms with van der Waals surface area (Å²) in [5, 5.41) is 0. The molecule has 0 amide bonds. The van der Waals surface area contributed by atoms with Crippen LogP contribution in [-0.2, 0) is 10.2 Å². The van der Waals surface area contributed by atoms with Gasteiger partial charge in [-0.3, -0.25) is 8.61 Å². The Hall–Kier alpha value is -2.35. The van der Waals surface area contributed by atoms with Crippen LogP contribution in [0.4, 0.5) is 25.8 Å². The molecule has 5 nitrogen and oxygen atoms in total. The monoisotopic (exact) mass is 365 g/mol. The van der Waals surface area contributed by atoms with Gasteiger partial charge in [0.05, 0.1) is 17.1 Å². The molecule has 1 heterocycles. The van der Waals surface area contributed by atoms with E-state index in [4.69, 9.17) is 5.73 Å². The summed E-state index contributed by atoms with van der Waals surface area (Å²) in [6.45, 7) is 0.440. The first kappa shape index (κ1) is 16.1. The average Bonchev–Trinajstić information content (AvgIpc) is 3.37. The first-order valence-corrected chi connectivity index (χ1v) is 9.35. The van der Waals surface area contributed by atoms with Crippen molar-refractivity contribution in [1.29, 1.82) is 0 Å². The Morgan fingerprint density at radius 2 is 1.80 bits per heavy atom. The minimum atomic E-state index is -3.64. The van der Waals surface area contributed by atoms with Crippen molar-refractivity contribution in [3.05, 3.63) is 42.0 Å². The average molecular weight is 365 g/mol. The van der Waals surface area contributed by atoms with Gasteiger partial charge in [0.15, 0.2) is 0 Å². The van der Waals surface area contributed by atoms with Crippen LogP contribution in [0.2, 0.25) is 0 Å². The molecule has 8 heteroatoms. The van der Waals surface area contributed by atoms with Crippen LogP contribution in [0.15, 0.2) is 30.3 Å². The van der Waals surface area contributed by atoms with Crippen LogP contribution in [0.3, 0.4) is 0 Å². The summed E-state index contributed by atoms with van der Waals surface area (Å²) in [6.07, 6.45) is 2.04. The fourth-order valence-electron chi connectivity index (χ4n) is 3.13. The molecule has 1 aliphatic heterocycles. The molecular formula is C17H17F2N3O2S. The maximum Gasteiger partial charge on any atom is 0.326 e. The number of nitrogens with zero attached hydrogens (tertiary/aromatic N) is 2. The molecule has 2 aromatic carbocycles. The molecule has 0 aromatic heterocycles. The Morgan fingerprint density at radius 1 is 1.12 bits per heavy atom. The molecular weight excluding hydrogens is 348 g/mol. The Kier molecular flexibility index (Phi) is 3.44. The van der Waals surface area contributed by atoms with Gasteiger partial charge in [-0.1, -0.05) is 6.07 Å². The van der Waals surface area contributed by atoms with Crippen molar-refractivity contribution in [2.45, 2.75) is 12.8 Å². The quantitative estimate of drug-likeness (QED) is 0.850. The number of anilines is 3. The molecule has 1 saturated carbocycles. The number of nitrogens with two attached hydrogens (primary N) is 1. The van der Waals surface area contributed by atoms with Crippen molar-refractivity contribution in [2.24, 2.45) is 5.92 Å². The molecule has 25 heavy (non-hydrogen) atoms. The van der Waals surface area contributed by atoms with Crippen molar-refractivity contribution in [3.8, 4) is 11.1 Å². The summed E-state index contributed by atoms with van der Waals surface area (Å²) in [4.78, 5) is 0. The lowest BCUT2D eigenvalue weighted by molar-refractivity contribution is 0.590. The zero-order chi connectivity index (χ0) is 17.9. The van der Waals surface area contributed by atoms with Gasteiger partial charge in [-0.25, -0.2) is 8.78 Å². The third kappa shape index (κ3) is 2.43. The molecule has 2 aromatic rings. The van der Waals surface area contributed by atoms with Crippen LogP contribution in [0, 0.1) is 17.6 Å². The first-order chi connectivity index (χ1) is 11.8. The van der Waals surface area contributed by atoms with Crippen LogP contribution < -0.4 is 14.3 Å². The predicted octanol–water partition coefficient (Wildman–Crippen LogP) is 3.13. The molecule has 2 aliphatic rings. The molecule has 0 spiro atoms. The van der Waals surface area contributed by atoms with E-state index in [1.807, 2.05) is 0 Å². The van der Waals surface area contributed by atoms with E-state index in [9.17, 15) is 17.2 Å². The van der Waals surface area contributed by atoms with Crippen molar-refractivity contribution < 1.29 is 17.2 Å². The summed E-state index contributed by atoms with van der Waals surface area (Å²) >= 11 is 0. The normalized spacial score (nSPS) is 18.5. The van der Waals surface area contributed by atoms with Crippen LogP contribution >= 0.6 is 0 Å². The zero-order valence-electron chi connectivity index (χ0n) is 13.5. The smallest absolute Gasteiger partial charge is 0.326 e. The minimum absolute atomic E-state index is 0.0609. The standard InChI is InChI=1S/C17H17F2N3O2S/c1-21-15-8-11(16-12(18)5-6-13(19)17(16)20)4-7-14(15)22(25(21,23)24)9-10-2-3-10/h4-8,10H,2-3,9,20H2,1H3. The Morgan fingerprint density at radius 3 is 2.48 bits per heavy atom. The summed E-state index contributed by atoms with van der Waals surface area (Å²) in [6, 6.07) is 6.71. The van der Waals surface area contributed by atoms with Gasteiger partial charge in [-0.2, -0.15) is 8.42 Å². The van der Waals surface area contributed by atoms with Gasteiger partial charge in [-0.05, 0) is 48.6 Å². The highest BCUT2D eigenvalue weighted by molar-refractivity contribution is 7.94. The second-order valence-electron chi connectivity index (χ2n) is 6.47. The summed E-state index contributed by atoms with van der Waals surface area (Å²) in [5.74, 6) is -0.990. The Balaban J connectivity index is 1.84. The lowest BCUT2D eigenvalue weighted by atomic mass is 10.0. The van der Waals surface area contributed by atoms with Crippen LogP contribution in [0.5, 0.6) is 0 Å². The second kappa shape index (κ2) is 5.32. The van der Waals surface area contributed by atoms with Crippen molar-refractivity contribution in [2.75, 3.05) is 27.9 Å². The fraction of sp³-hybridized carbons (Fsp3) is 0.294. The minimum Gasteiger partial charge on any atom is -0.396 e. The lowest BCUT2D eigenvalue weighted by Crippen LogP contribution is -2.36. The van der Waals surface area contributed by atoms with Gasteiger partial charge >= 0.3 is 10.2 Å². The maximum absolute atomic E-state index is 14.2. The number of rotatable bonds is 3. The third-order valence-corrected chi connectivity index (χ3v) is 6.55. The van der Waals surface area contributed by atoms with E-state index >= 15 is 0 Å². The van der Waals surface area contributed by atoms with Gasteiger partial charge in [0.2, 0.25) is 0 Å². The highest BCUT2D eigenvalue weighted by Gasteiger charge is 2.41. The largest absolute Gasteiger partial charge is 0.396 e. The van der Waals surface area contributed by atoms with Crippen LogP contribution in [0.25, 0.3) is 11.1 Å². The summed E-state index contributed by atoms with van der Waals surface area (Å²) < 4.78 is 55.7. The van der Waals surface area contributed by atoms with Crippen molar-refractivity contribution >= 4 is 27.3 Å². The van der Waals surface area contributed by atoms with E-state index in [1.54, 1.807) is 12.1 Å². The number of fused-ring (bicyclic) bond motifs is 1. The van der Waals surface area contributed by atoms with E-state index in [-0.39, 0.29) is 11.3 Å². The number of hydrogen-bond acceptors (Lipinski definition) is 3. The highest BCUT2D eigenvalue weighted by Crippen LogP contribution is 2.45. The number of benzene rings is 2. The fourth-order valence-corrected chi connectivity index (χ4v) is 4.62. The van der Waals surface area contributed by atoms with Crippen LogP contribution in [-0.4, -0.2) is 22.0 Å². The molecule has 0 unspecified atom stereocenters. The molecule has 132 valence electrons. The first-order valence-electron chi connectivity index (χ1n) is 7.95. The number of hydrogen-bond donors (Lipinski definition) is 1. The van der Waals surface area contributed by atoms with Crippen molar-refractivity contribution in [3.63, 3.8) is 0 Å². The Bertz CT molecular complexity index is 974. The molecule has 2 N–H and O–H groups in total. The van der Waals surface area contributed by atoms with Crippen LogP contribution in [0.1, 0.15) is 12.8 Å². The van der Waals surface area contributed by atoms with E-state index in [2.05, 4.69) is 0 Å². The summed E-state index contributed by atoms with van der Waals surface area (Å²) in [5.41, 5.74) is 6.66. The number of nitrogen functional groups attached to an aromatic ring is 1. The van der Waals surface area contributed by atoms with Gasteiger partial charge in [-0.15, -0.1) is 0 Å². The van der Waals surface area contributed by atoms with Gasteiger partial charge in [0.25, 0.3) is 0 Å². The molecule has 4 rings (SSSR count). The topological polar surface area (TPSA) is 66.6 Å². The second-order valence-corrected chi connectivity index (χ2v) is 8.36. The molecule has 1 aliphatic carbocycles. The van der Waals surface area contributed by atoms with E-state index in [0.717, 1.165) is 25.0 Å². The Labute approximate surface area is 144 Å². The molecule has 1 fully saturated rings. The van der Waals surface area contributed by atoms with E-state index < -0.39 is 21.8 Å². The molecule has 0 atom stereocenters. The van der Waals surface area contributed by atoms with Crippen molar-refractivity contribution in [1.82, 2.24) is 0 Å². The third-order valence-electron chi connectivity index (χ3n) is 4.76. The molecule has 0 saturated heterocycles. The van der Waals surface area contributed by atoms with Gasteiger partial charge in [0.1, 0.15) is 11.6 Å². The predicted molar refractivity (Wildman–Crippen MR) is 93.6 cm³/mol. The van der Waals surface area contributed by atoms with E-state index in [1.165, 1.54) is 21.7 Å². The zero-order valence-corrected chi connectivity index (χ0v) is 14.4. The molecule has 0 radical (unpaired) electrons. The van der Waals surface area contributed by atoms with E-state index in [0.29, 0.717) is 29.4 Å². The maximum atomic E-state index is 14.2. The SMILES string of the molecule is CN1c2cc(-c3c(F)ccc(F)c3N)ccc2N(CC2CC2)S1(=O)=O. The highest BCUT2D eigenvalue weighted by atomic mass is 32.2. The number of halogens is 2. The molecule has 0 bridgehead atoms. The van der Waals surface area contributed by atoms with Gasteiger partial charge in [0, 0.05) is 19.2 Å².